The van der Waals surface area contributed by atoms with E-state index >= 15 is 0 Å². The van der Waals surface area contributed by atoms with Crippen molar-refractivity contribution in [2.75, 3.05) is 0 Å². The predicted octanol–water partition coefficient (Wildman–Crippen LogP) is 1.19. The Hall–Kier alpha value is -0.570. The molecule has 1 aliphatic rings. The Morgan fingerprint density at radius 1 is 1.62 bits per heavy atom. The molecule has 0 spiro atoms. The monoisotopic (exact) mass is 118 g/mol. The molecule has 2 nitrogen and oxygen atoms in total. The van der Waals surface area contributed by atoms with Gasteiger partial charge in [-0.2, -0.15) is 4.39 Å². The van der Waals surface area contributed by atoms with Crippen molar-refractivity contribution < 1.29 is 13.9 Å². The van der Waals surface area contributed by atoms with Crippen LogP contribution in [0.1, 0.15) is 6.92 Å². The molecular formula is C5H7FO2. The summed E-state index contributed by atoms with van der Waals surface area (Å²) in [4.78, 5) is 0. The van der Waals surface area contributed by atoms with Crippen LogP contribution in [-0.2, 0) is 9.47 Å². The van der Waals surface area contributed by atoms with Gasteiger partial charge in [0.15, 0.2) is 0 Å². The summed E-state index contributed by atoms with van der Waals surface area (Å²) >= 11 is 0. The van der Waals surface area contributed by atoms with E-state index in [2.05, 4.69) is 9.47 Å². The zero-order chi connectivity index (χ0) is 5.98. The van der Waals surface area contributed by atoms with Crippen molar-refractivity contribution in [2.45, 2.75) is 19.6 Å². The molecule has 0 aliphatic carbocycles. The lowest BCUT2D eigenvalue weighted by atomic mass is 10.4. The first-order valence-electron chi connectivity index (χ1n) is 2.41. The third-order valence-corrected chi connectivity index (χ3v) is 0.857. The number of hydrogen-bond donors (Lipinski definition) is 0. The third kappa shape index (κ3) is 1.20. The van der Waals surface area contributed by atoms with E-state index in [0.717, 1.165) is 0 Å². The molecule has 0 saturated heterocycles. The van der Waals surface area contributed by atoms with Crippen LogP contribution in [0.5, 0.6) is 0 Å². The van der Waals surface area contributed by atoms with Crippen LogP contribution in [0.25, 0.3) is 0 Å². The van der Waals surface area contributed by atoms with Crippen LogP contribution in [-0.4, -0.2) is 12.6 Å². The Morgan fingerprint density at radius 2 is 2.38 bits per heavy atom. The maximum Gasteiger partial charge on any atom is 0.352 e. The maximum atomic E-state index is 11.9. The number of ether oxygens (including phenoxy) is 2. The van der Waals surface area contributed by atoms with E-state index in [0.29, 0.717) is 0 Å². The van der Waals surface area contributed by atoms with Gasteiger partial charge in [0.2, 0.25) is 0 Å². The third-order valence-electron chi connectivity index (χ3n) is 0.857. The van der Waals surface area contributed by atoms with Gasteiger partial charge >= 0.3 is 6.54 Å². The molecule has 0 amide bonds. The molecule has 0 saturated carbocycles. The van der Waals surface area contributed by atoms with Crippen molar-refractivity contribution in [1.82, 2.24) is 0 Å². The fraction of sp³-hybridized carbons (Fsp3) is 0.600. The van der Waals surface area contributed by atoms with Crippen molar-refractivity contribution >= 4 is 0 Å². The SMILES string of the molecule is CC1C=COC(F)O1. The van der Waals surface area contributed by atoms with Crippen LogP contribution in [0.3, 0.4) is 0 Å². The molecular weight excluding hydrogens is 111 g/mol. The summed E-state index contributed by atoms with van der Waals surface area (Å²) in [6.07, 6.45) is 2.77. The second-order valence-electron chi connectivity index (χ2n) is 1.58. The van der Waals surface area contributed by atoms with Gasteiger partial charge in [0.25, 0.3) is 0 Å². The summed E-state index contributed by atoms with van der Waals surface area (Å²) in [5.41, 5.74) is 0. The van der Waals surface area contributed by atoms with E-state index in [1.807, 2.05) is 0 Å². The number of rotatable bonds is 0. The van der Waals surface area contributed by atoms with E-state index < -0.39 is 6.54 Å². The highest BCUT2D eigenvalue weighted by Crippen LogP contribution is 2.08. The quantitative estimate of drug-likeness (QED) is 0.475. The van der Waals surface area contributed by atoms with Crippen molar-refractivity contribution in [3.8, 4) is 0 Å². The van der Waals surface area contributed by atoms with Gasteiger partial charge in [0.05, 0.1) is 12.4 Å². The van der Waals surface area contributed by atoms with E-state index in [-0.39, 0.29) is 6.10 Å². The molecule has 2 unspecified atom stereocenters. The van der Waals surface area contributed by atoms with Crippen molar-refractivity contribution in [1.29, 1.82) is 0 Å². The summed E-state index contributed by atoms with van der Waals surface area (Å²) in [7, 11) is 0. The van der Waals surface area contributed by atoms with Gasteiger partial charge < -0.3 is 9.47 Å². The fourth-order valence-electron chi connectivity index (χ4n) is 0.464. The van der Waals surface area contributed by atoms with Gasteiger partial charge in [-0.3, -0.25) is 0 Å². The molecule has 1 rings (SSSR count). The average Bonchev–Trinajstić information content (AvgIpc) is 1.64. The molecule has 0 N–H and O–H groups in total. The van der Waals surface area contributed by atoms with Gasteiger partial charge in [-0.1, -0.05) is 0 Å². The Kier molecular flexibility index (Phi) is 1.48. The first kappa shape index (κ1) is 5.56. The Bertz CT molecular complexity index is 103. The van der Waals surface area contributed by atoms with Gasteiger partial charge in [-0.25, -0.2) is 0 Å². The smallest absolute Gasteiger partial charge is 0.352 e. The van der Waals surface area contributed by atoms with Gasteiger partial charge in [0, 0.05) is 0 Å². The molecule has 0 radical (unpaired) electrons. The van der Waals surface area contributed by atoms with Gasteiger partial charge in [-0.05, 0) is 13.0 Å². The Balaban J connectivity index is 2.42. The molecule has 3 heteroatoms. The highest BCUT2D eigenvalue weighted by atomic mass is 19.2. The molecule has 1 heterocycles. The summed E-state index contributed by atoms with van der Waals surface area (Å²) in [6.45, 7) is 0.168. The van der Waals surface area contributed by atoms with Crippen LogP contribution >= 0.6 is 0 Å². The highest BCUT2D eigenvalue weighted by molar-refractivity contribution is 4.83. The lowest BCUT2D eigenvalue weighted by molar-refractivity contribution is -0.213. The van der Waals surface area contributed by atoms with E-state index in [1.54, 1.807) is 13.0 Å². The Labute approximate surface area is 46.9 Å². The lowest BCUT2D eigenvalue weighted by Crippen LogP contribution is -2.19. The summed E-state index contributed by atoms with van der Waals surface area (Å²) in [5, 5.41) is 0. The molecule has 0 aromatic carbocycles. The van der Waals surface area contributed by atoms with Crippen LogP contribution < -0.4 is 0 Å². The topological polar surface area (TPSA) is 18.5 Å². The minimum absolute atomic E-state index is 0.168. The van der Waals surface area contributed by atoms with Crippen molar-refractivity contribution in [3.05, 3.63) is 12.3 Å². The first-order valence-corrected chi connectivity index (χ1v) is 2.41. The average molecular weight is 118 g/mol. The maximum absolute atomic E-state index is 11.9. The largest absolute Gasteiger partial charge is 0.446 e. The zero-order valence-electron chi connectivity index (χ0n) is 4.50. The lowest BCUT2D eigenvalue weighted by Gasteiger charge is -2.16. The van der Waals surface area contributed by atoms with Crippen LogP contribution in [0.15, 0.2) is 12.3 Å². The minimum Gasteiger partial charge on any atom is -0.446 e. The molecule has 1 aliphatic heterocycles. The van der Waals surface area contributed by atoms with Crippen LogP contribution in [0.2, 0.25) is 0 Å². The first-order chi connectivity index (χ1) is 3.79. The van der Waals surface area contributed by atoms with Gasteiger partial charge in [-0.15, -0.1) is 0 Å². The second kappa shape index (κ2) is 2.13. The van der Waals surface area contributed by atoms with Crippen LogP contribution in [0, 0.1) is 0 Å². The summed E-state index contributed by atoms with van der Waals surface area (Å²) in [6, 6.07) is 0. The molecule has 2 atom stereocenters. The molecule has 0 bridgehead atoms. The predicted molar refractivity (Wildman–Crippen MR) is 25.7 cm³/mol. The molecule has 46 valence electrons. The minimum atomic E-state index is -1.57. The number of alkyl halides is 1. The number of hydrogen-bond acceptors (Lipinski definition) is 2. The normalized spacial score (nSPS) is 36.8. The number of halogens is 1. The zero-order valence-corrected chi connectivity index (χ0v) is 4.50. The molecule has 0 aromatic rings. The Morgan fingerprint density at radius 3 is 2.75 bits per heavy atom. The summed E-state index contributed by atoms with van der Waals surface area (Å²) in [5.74, 6) is 0. The fourth-order valence-corrected chi connectivity index (χ4v) is 0.464. The molecule has 8 heavy (non-hydrogen) atoms. The summed E-state index contributed by atoms with van der Waals surface area (Å²) < 4.78 is 20.7. The van der Waals surface area contributed by atoms with Crippen molar-refractivity contribution in [2.24, 2.45) is 0 Å². The molecule has 0 aromatic heterocycles. The van der Waals surface area contributed by atoms with Crippen LogP contribution in [0.4, 0.5) is 4.39 Å². The van der Waals surface area contributed by atoms with E-state index in [4.69, 9.17) is 0 Å². The van der Waals surface area contributed by atoms with E-state index in [1.165, 1.54) is 6.26 Å². The van der Waals surface area contributed by atoms with Crippen molar-refractivity contribution in [3.63, 3.8) is 0 Å². The highest BCUT2D eigenvalue weighted by Gasteiger charge is 2.12. The van der Waals surface area contributed by atoms with E-state index in [9.17, 15) is 4.39 Å². The second-order valence-corrected chi connectivity index (χ2v) is 1.58. The van der Waals surface area contributed by atoms with Gasteiger partial charge in [0.1, 0.15) is 0 Å². The molecule has 0 fully saturated rings. The standard InChI is InChI=1S/C5H7FO2/c1-4-2-3-7-5(6)8-4/h2-5H,1H3.